The quantitative estimate of drug-likeness (QED) is 0.566. The minimum atomic E-state index is 0.728. The van der Waals surface area contributed by atoms with Crippen LogP contribution in [0.2, 0.25) is 0 Å². The summed E-state index contributed by atoms with van der Waals surface area (Å²) in [5.41, 5.74) is 3.17. The molecule has 3 rings (SSSR count). The summed E-state index contributed by atoms with van der Waals surface area (Å²) < 4.78 is 0. The molecule has 1 aromatic carbocycles. The number of rotatable bonds is 1. The summed E-state index contributed by atoms with van der Waals surface area (Å²) in [5.74, 6) is 2.31. The average molecular weight is 170 g/mol. The van der Waals surface area contributed by atoms with E-state index in [4.69, 9.17) is 0 Å². The predicted molar refractivity (Wildman–Crippen MR) is 54.8 cm³/mol. The van der Waals surface area contributed by atoms with Crippen molar-refractivity contribution in [3.63, 3.8) is 0 Å². The zero-order valence-electron chi connectivity index (χ0n) is 7.90. The van der Waals surface area contributed by atoms with Crippen molar-refractivity contribution in [3.8, 4) is 0 Å². The predicted octanol–water partition coefficient (Wildman–Crippen LogP) is 3.46. The Morgan fingerprint density at radius 3 is 2.00 bits per heavy atom. The average Bonchev–Trinajstić information content (AvgIpc) is 2.73. The minimum Gasteiger partial charge on any atom is -0.0801 e. The van der Waals surface area contributed by atoms with Crippen LogP contribution in [0.3, 0.4) is 0 Å². The van der Waals surface area contributed by atoms with E-state index in [0.717, 1.165) is 17.8 Å². The van der Waals surface area contributed by atoms with Crippen molar-refractivity contribution in [2.24, 2.45) is 5.92 Å². The van der Waals surface area contributed by atoms with Gasteiger partial charge in [-0.3, -0.25) is 0 Å². The molecule has 1 aromatic rings. The van der Waals surface area contributed by atoms with Crippen LogP contribution in [-0.2, 0) is 0 Å². The first kappa shape index (κ1) is 7.37. The Bertz CT molecular complexity index is 329. The molecule has 1 unspecified atom stereocenters. The Labute approximate surface area is 79.3 Å². The Kier molecular flexibility index (Phi) is 1.40. The van der Waals surface area contributed by atoms with Crippen molar-refractivity contribution in [1.29, 1.82) is 0 Å². The van der Waals surface area contributed by atoms with Crippen molar-refractivity contribution in [3.05, 3.63) is 47.5 Å². The van der Waals surface area contributed by atoms with Crippen LogP contribution in [0.1, 0.15) is 36.3 Å². The maximum Gasteiger partial charge on any atom is 0.00581 e. The fraction of sp³-hybridized carbons (Fsp3) is 0.385. The second-order valence-corrected chi connectivity index (χ2v) is 4.14. The lowest BCUT2D eigenvalue weighted by Gasteiger charge is -2.12. The van der Waals surface area contributed by atoms with Crippen LogP contribution in [0.15, 0.2) is 36.4 Å². The molecule has 3 atom stereocenters. The van der Waals surface area contributed by atoms with Crippen molar-refractivity contribution in [2.75, 3.05) is 0 Å². The second kappa shape index (κ2) is 2.47. The number of allylic oxidation sites excluding steroid dienone is 2. The molecule has 0 saturated carbocycles. The molecule has 0 N–H and O–H groups in total. The minimum absolute atomic E-state index is 0.728. The molecule has 2 aliphatic rings. The van der Waals surface area contributed by atoms with E-state index in [0.29, 0.717) is 0 Å². The first-order chi connectivity index (χ1) is 6.42. The van der Waals surface area contributed by atoms with E-state index in [1.807, 2.05) is 0 Å². The molecule has 0 aromatic heterocycles. The third-order valence-electron chi connectivity index (χ3n) is 3.63. The number of hydrogen-bond acceptors (Lipinski definition) is 0. The van der Waals surface area contributed by atoms with Gasteiger partial charge in [-0.25, -0.2) is 0 Å². The molecule has 0 saturated heterocycles. The normalized spacial score (nSPS) is 33.8. The first-order valence-corrected chi connectivity index (χ1v) is 5.19. The van der Waals surface area contributed by atoms with Gasteiger partial charge in [-0.2, -0.15) is 0 Å². The van der Waals surface area contributed by atoms with Crippen molar-refractivity contribution < 1.29 is 0 Å². The van der Waals surface area contributed by atoms with Crippen LogP contribution in [0, 0.1) is 5.92 Å². The second-order valence-electron chi connectivity index (χ2n) is 4.14. The van der Waals surface area contributed by atoms with Gasteiger partial charge in [-0.1, -0.05) is 49.8 Å². The van der Waals surface area contributed by atoms with Gasteiger partial charge < -0.3 is 0 Å². The molecule has 0 amide bonds. The first-order valence-electron chi connectivity index (χ1n) is 5.19. The van der Waals surface area contributed by atoms with Gasteiger partial charge in [-0.05, 0) is 17.0 Å². The topological polar surface area (TPSA) is 0 Å². The van der Waals surface area contributed by atoms with E-state index < -0.39 is 0 Å². The summed E-state index contributed by atoms with van der Waals surface area (Å²) in [7, 11) is 0. The van der Waals surface area contributed by atoms with E-state index in [-0.39, 0.29) is 0 Å². The van der Waals surface area contributed by atoms with Gasteiger partial charge in [0, 0.05) is 11.8 Å². The Hall–Kier alpha value is -1.04. The summed E-state index contributed by atoms with van der Waals surface area (Å²) in [6, 6.07) is 8.93. The molecule has 0 radical (unpaired) electrons. The number of hydrogen-bond donors (Lipinski definition) is 0. The van der Waals surface area contributed by atoms with E-state index in [9.17, 15) is 0 Å². The molecule has 0 nitrogen and oxygen atoms in total. The van der Waals surface area contributed by atoms with Crippen LogP contribution in [0.5, 0.6) is 0 Å². The van der Waals surface area contributed by atoms with Crippen LogP contribution in [-0.4, -0.2) is 0 Å². The highest BCUT2D eigenvalue weighted by Gasteiger charge is 2.40. The van der Waals surface area contributed by atoms with Gasteiger partial charge in [-0.15, -0.1) is 0 Å². The Morgan fingerprint density at radius 1 is 1.00 bits per heavy atom. The third-order valence-corrected chi connectivity index (χ3v) is 3.63. The fourth-order valence-corrected chi connectivity index (χ4v) is 3.04. The maximum atomic E-state index is 2.40. The summed E-state index contributed by atoms with van der Waals surface area (Å²) >= 11 is 0. The smallest absolute Gasteiger partial charge is 0.00581 e. The third kappa shape index (κ3) is 0.810. The van der Waals surface area contributed by atoms with Gasteiger partial charge in [0.2, 0.25) is 0 Å². The highest BCUT2D eigenvalue weighted by molar-refractivity contribution is 5.48. The molecule has 2 bridgehead atoms. The summed E-state index contributed by atoms with van der Waals surface area (Å²) in [5, 5.41) is 0. The molecule has 0 heterocycles. The summed E-state index contributed by atoms with van der Waals surface area (Å²) in [4.78, 5) is 0. The Morgan fingerprint density at radius 2 is 1.54 bits per heavy atom. The van der Waals surface area contributed by atoms with Gasteiger partial charge in [0.15, 0.2) is 0 Å². The highest BCUT2D eigenvalue weighted by atomic mass is 14.4. The number of fused-ring (bicyclic) bond motifs is 5. The van der Waals surface area contributed by atoms with E-state index in [1.54, 1.807) is 11.1 Å². The van der Waals surface area contributed by atoms with Gasteiger partial charge in [0.05, 0.1) is 0 Å². The fourth-order valence-electron chi connectivity index (χ4n) is 3.04. The number of benzene rings is 1. The van der Waals surface area contributed by atoms with Crippen LogP contribution >= 0.6 is 0 Å². The van der Waals surface area contributed by atoms with Crippen LogP contribution in [0.25, 0.3) is 0 Å². The molecule has 0 aliphatic heterocycles. The van der Waals surface area contributed by atoms with Gasteiger partial charge in [0.1, 0.15) is 0 Å². The zero-order valence-corrected chi connectivity index (χ0v) is 7.90. The Balaban J connectivity index is 2.15. The highest BCUT2D eigenvalue weighted by Crippen LogP contribution is 2.53. The molecule has 2 aliphatic carbocycles. The zero-order chi connectivity index (χ0) is 8.84. The molecule has 0 heteroatoms. The van der Waals surface area contributed by atoms with E-state index in [2.05, 4.69) is 43.3 Å². The molecular formula is C13H14. The molecular weight excluding hydrogens is 156 g/mol. The van der Waals surface area contributed by atoms with Crippen molar-refractivity contribution >= 4 is 0 Å². The van der Waals surface area contributed by atoms with E-state index in [1.165, 1.54) is 6.42 Å². The maximum absolute atomic E-state index is 2.40. The lowest BCUT2D eigenvalue weighted by Crippen LogP contribution is -2.01. The SMILES string of the molecule is CCC1[C@@H]2C=C[C@H]1c1ccccc12. The van der Waals surface area contributed by atoms with Crippen LogP contribution in [0.4, 0.5) is 0 Å². The van der Waals surface area contributed by atoms with Gasteiger partial charge >= 0.3 is 0 Å². The monoisotopic (exact) mass is 170 g/mol. The van der Waals surface area contributed by atoms with Crippen molar-refractivity contribution in [1.82, 2.24) is 0 Å². The molecule has 0 fully saturated rings. The van der Waals surface area contributed by atoms with Crippen LogP contribution < -0.4 is 0 Å². The largest absolute Gasteiger partial charge is 0.0801 e. The lowest BCUT2D eigenvalue weighted by molar-refractivity contribution is 0.487. The molecule has 13 heavy (non-hydrogen) atoms. The summed E-state index contributed by atoms with van der Waals surface area (Å²) in [6.07, 6.45) is 6.11. The van der Waals surface area contributed by atoms with Crippen molar-refractivity contribution in [2.45, 2.75) is 25.2 Å². The molecule has 66 valence electrons. The van der Waals surface area contributed by atoms with E-state index >= 15 is 0 Å². The standard InChI is InChI=1S/C13H14/c1-2-9-12-7-8-13(9)11-6-4-3-5-10(11)12/h3-9,12-13H,2H2,1H3/t9?,12-,13+. The van der Waals surface area contributed by atoms with Gasteiger partial charge in [0.25, 0.3) is 0 Å². The lowest BCUT2D eigenvalue weighted by atomic mass is 9.91. The molecule has 0 spiro atoms. The summed E-state index contributed by atoms with van der Waals surface area (Å²) in [6.45, 7) is 2.31.